The lowest BCUT2D eigenvalue weighted by Gasteiger charge is -2.18. The number of benzene rings is 1. The lowest BCUT2D eigenvalue weighted by Crippen LogP contribution is -2.09. The quantitative estimate of drug-likeness (QED) is 0.586. The summed E-state index contributed by atoms with van der Waals surface area (Å²) in [7, 11) is 0. The second-order valence-corrected chi connectivity index (χ2v) is 4.55. The summed E-state index contributed by atoms with van der Waals surface area (Å²) in [5, 5.41) is 0. The molecule has 0 atom stereocenters. The van der Waals surface area contributed by atoms with E-state index >= 15 is 0 Å². The minimum atomic E-state index is 0.198. The van der Waals surface area contributed by atoms with Crippen LogP contribution in [0, 0.1) is 0 Å². The van der Waals surface area contributed by atoms with Crippen molar-refractivity contribution in [1.82, 2.24) is 0 Å². The molecule has 1 aromatic rings. The van der Waals surface area contributed by atoms with E-state index in [0.717, 1.165) is 30.4 Å². The molecular weight excluding hydrogens is 184 g/mol. The zero-order valence-electron chi connectivity index (χ0n) is 8.81. The Hall–Kier alpha value is -1.37. The Bertz CT molecular complexity index is 468. The average molecular weight is 198 g/mol. The maximum absolute atomic E-state index is 12.0. The van der Waals surface area contributed by atoms with Crippen molar-refractivity contribution >= 4 is 5.78 Å². The number of ketones is 1. The van der Waals surface area contributed by atoms with Crippen LogP contribution in [0.4, 0.5) is 0 Å². The third kappa shape index (κ3) is 1.19. The molecule has 1 nitrogen and oxygen atoms in total. The van der Waals surface area contributed by atoms with Crippen molar-refractivity contribution in [1.29, 1.82) is 0 Å². The Morgan fingerprint density at radius 1 is 1.07 bits per heavy atom. The van der Waals surface area contributed by atoms with Gasteiger partial charge in [0, 0.05) is 12.0 Å². The molecule has 0 amide bonds. The Morgan fingerprint density at radius 2 is 1.80 bits per heavy atom. The molecule has 0 aromatic heterocycles. The number of fused-ring (bicyclic) bond motifs is 3. The molecule has 0 N–H and O–H groups in total. The molecule has 0 saturated carbocycles. The topological polar surface area (TPSA) is 17.1 Å². The van der Waals surface area contributed by atoms with E-state index < -0.39 is 0 Å². The molecular formula is C14H14O. The molecule has 3 rings (SSSR count). The summed E-state index contributed by atoms with van der Waals surface area (Å²) in [5.41, 5.74) is 5.68. The van der Waals surface area contributed by atoms with Gasteiger partial charge in [-0.25, -0.2) is 0 Å². The standard InChI is InChI=1S/C14H14O/c1-9-8-11-7-6-10-4-2-3-5-12(10)13(11)14(9)15/h6-7H,1-5,8H2. The highest BCUT2D eigenvalue weighted by molar-refractivity contribution is 6.13. The van der Waals surface area contributed by atoms with E-state index in [-0.39, 0.29) is 5.78 Å². The van der Waals surface area contributed by atoms with Crippen molar-refractivity contribution in [3.63, 3.8) is 0 Å². The predicted octanol–water partition coefficient (Wildman–Crippen LogP) is 2.86. The number of Topliss-reactive ketones (excluding diaryl/α,β-unsaturated/α-hetero) is 1. The Kier molecular flexibility index (Phi) is 1.82. The predicted molar refractivity (Wildman–Crippen MR) is 60.3 cm³/mol. The zero-order valence-corrected chi connectivity index (χ0v) is 8.81. The smallest absolute Gasteiger partial charge is 0.189 e. The van der Waals surface area contributed by atoms with E-state index in [1.165, 1.54) is 29.5 Å². The highest BCUT2D eigenvalue weighted by Crippen LogP contribution is 2.33. The highest BCUT2D eigenvalue weighted by atomic mass is 16.1. The fraction of sp³-hybridized carbons (Fsp3) is 0.357. The van der Waals surface area contributed by atoms with Crippen molar-refractivity contribution in [3.8, 4) is 0 Å². The molecule has 1 aromatic carbocycles. The summed E-state index contributed by atoms with van der Waals surface area (Å²) >= 11 is 0. The Morgan fingerprint density at radius 3 is 2.67 bits per heavy atom. The molecule has 0 radical (unpaired) electrons. The molecule has 1 heteroatoms. The van der Waals surface area contributed by atoms with Crippen molar-refractivity contribution in [3.05, 3.63) is 46.5 Å². The van der Waals surface area contributed by atoms with Gasteiger partial charge in [0.25, 0.3) is 0 Å². The fourth-order valence-corrected chi connectivity index (χ4v) is 2.79. The third-order valence-corrected chi connectivity index (χ3v) is 3.57. The Balaban J connectivity index is 2.24. The number of carbonyl (C=O) groups is 1. The second-order valence-electron chi connectivity index (χ2n) is 4.55. The number of aryl methyl sites for hydroxylation is 1. The number of hydrogen-bond donors (Lipinski definition) is 0. The van der Waals surface area contributed by atoms with Gasteiger partial charge in [-0.1, -0.05) is 18.7 Å². The maximum atomic E-state index is 12.0. The molecule has 0 bridgehead atoms. The van der Waals surface area contributed by atoms with Gasteiger partial charge in [-0.3, -0.25) is 4.79 Å². The summed E-state index contributed by atoms with van der Waals surface area (Å²) in [5.74, 6) is 0.198. The third-order valence-electron chi connectivity index (χ3n) is 3.57. The molecule has 76 valence electrons. The van der Waals surface area contributed by atoms with Gasteiger partial charge < -0.3 is 0 Å². The average Bonchev–Trinajstić information content (AvgIpc) is 2.55. The summed E-state index contributed by atoms with van der Waals surface area (Å²) in [4.78, 5) is 12.0. The molecule has 15 heavy (non-hydrogen) atoms. The highest BCUT2D eigenvalue weighted by Gasteiger charge is 2.28. The van der Waals surface area contributed by atoms with Crippen LogP contribution in [-0.4, -0.2) is 5.78 Å². The van der Waals surface area contributed by atoms with Gasteiger partial charge in [0.15, 0.2) is 5.78 Å². The summed E-state index contributed by atoms with van der Waals surface area (Å²) in [6, 6.07) is 4.33. The van der Waals surface area contributed by atoms with Crippen molar-refractivity contribution in [2.75, 3.05) is 0 Å². The van der Waals surface area contributed by atoms with E-state index in [1.807, 2.05) is 0 Å². The minimum Gasteiger partial charge on any atom is -0.289 e. The van der Waals surface area contributed by atoms with Crippen LogP contribution in [0.15, 0.2) is 24.3 Å². The van der Waals surface area contributed by atoms with Gasteiger partial charge in [0.05, 0.1) is 0 Å². The van der Waals surface area contributed by atoms with Crippen LogP contribution in [0.1, 0.15) is 39.9 Å². The fourth-order valence-electron chi connectivity index (χ4n) is 2.79. The van der Waals surface area contributed by atoms with Gasteiger partial charge in [-0.05, 0) is 47.9 Å². The monoisotopic (exact) mass is 198 g/mol. The van der Waals surface area contributed by atoms with Crippen LogP contribution in [0.25, 0.3) is 0 Å². The van der Waals surface area contributed by atoms with Crippen LogP contribution in [-0.2, 0) is 19.3 Å². The van der Waals surface area contributed by atoms with E-state index in [0.29, 0.717) is 0 Å². The lowest BCUT2D eigenvalue weighted by molar-refractivity contribution is 0.103. The van der Waals surface area contributed by atoms with E-state index in [1.54, 1.807) is 0 Å². The minimum absolute atomic E-state index is 0.198. The maximum Gasteiger partial charge on any atom is 0.189 e. The number of allylic oxidation sites excluding steroid dienone is 1. The van der Waals surface area contributed by atoms with Gasteiger partial charge in [-0.2, -0.15) is 0 Å². The number of carbonyl (C=O) groups excluding carboxylic acids is 1. The van der Waals surface area contributed by atoms with Crippen LogP contribution < -0.4 is 0 Å². The molecule has 2 aliphatic carbocycles. The number of hydrogen-bond acceptors (Lipinski definition) is 1. The van der Waals surface area contributed by atoms with E-state index in [9.17, 15) is 4.79 Å². The van der Waals surface area contributed by atoms with E-state index in [4.69, 9.17) is 0 Å². The second kappa shape index (κ2) is 3.06. The Labute approximate surface area is 89.8 Å². The molecule has 0 heterocycles. The van der Waals surface area contributed by atoms with Crippen LogP contribution in [0.2, 0.25) is 0 Å². The van der Waals surface area contributed by atoms with Crippen LogP contribution in [0.5, 0.6) is 0 Å². The summed E-state index contributed by atoms with van der Waals surface area (Å²) in [6.07, 6.45) is 5.48. The first-order chi connectivity index (χ1) is 7.27. The largest absolute Gasteiger partial charge is 0.289 e. The van der Waals surface area contributed by atoms with E-state index in [2.05, 4.69) is 18.7 Å². The molecule has 0 aliphatic heterocycles. The van der Waals surface area contributed by atoms with Gasteiger partial charge in [0.1, 0.15) is 0 Å². The van der Waals surface area contributed by atoms with Gasteiger partial charge in [-0.15, -0.1) is 0 Å². The van der Waals surface area contributed by atoms with Crippen molar-refractivity contribution in [2.24, 2.45) is 0 Å². The van der Waals surface area contributed by atoms with Crippen LogP contribution >= 0.6 is 0 Å². The first-order valence-electron chi connectivity index (χ1n) is 5.63. The molecule has 0 unspecified atom stereocenters. The summed E-state index contributed by atoms with van der Waals surface area (Å²) in [6.45, 7) is 3.85. The normalized spacial score (nSPS) is 18.9. The molecule has 0 fully saturated rings. The summed E-state index contributed by atoms with van der Waals surface area (Å²) < 4.78 is 0. The van der Waals surface area contributed by atoms with Crippen LogP contribution in [0.3, 0.4) is 0 Å². The zero-order chi connectivity index (χ0) is 10.4. The van der Waals surface area contributed by atoms with Crippen molar-refractivity contribution in [2.45, 2.75) is 32.1 Å². The molecule has 0 saturated heterocycles. The first kappa shape index (κ1) is 8.90. The van der Waals surface area contributed by atoms with Gasteiger partial charge in [0.2, 0.25) is 0 Å². The van der Waals surface area contributed by atoms with Gasteiger partial charge >= 0.3 is 0 Å². The molecule has 2 aliphatic rings. The lowest BCUT2D eigenvalue weighted by atomic mass is 9.86. The van der Waals surface area contributed by atoms with Crippen molar-refractivity contribution < 1.29 is 4.79 Å². The molecule has 0 spiro atoms. The first-order valence-corrected chi connectivity index (χ1v) is 5.63. The number of rotatable bonds is 0. The SMILES string of the molecule is C=C1Cc2ccc3c(c2C1=O)CCCC3.